The molecule has 3 rings (SSSR count). The summed E-state index contributed by atoms with van der Waals surface area (Å²) in [5, 5.41) is 8.83. The van der Waals surface area contributed by atoms with E-state index in [0.717, 1.165) is 24.2 Å². The van der Waals surface area contributed by atoms with Crippen molar-refractivity contribution in [2.24, 2.45) is 0 Å². The van der Waals surface area contributed by atoms with Gasteiger partial charge in [0, 0.05) is 6.54 Å². The summed E-state index contributed by atoms with van der Waals surface area (Å²) in [6.07, 6.45) is 1.73. The monoisotopic (exact) mass is 317 g/mol. The Morgan fingerprint density at radius 1 is 1.30 bits per heavy atom. The summed E-state index contributed by atoms with van der Waals surface area (Å²) in [4.78, 5) is 24.4. The fraction of sp³-hybridized carbons (Fsp3) is 0.529. The van der Waals surface area contributed by atoms with Crippen molar-refractivity contribution in [2.75, 3.05) is 17.2 Å². The van der Waals surface area contributed by atoms with Gasteiger partial charge in [0.2, 0.25) is 5.91 Å². The Bertz CT molecular complexity index is 632. The smallest absolute Gasteiger partial charge is 0.408 e. The molecule has 1 aromatic rings. The number of amides is 2. The van der Waals surface area contributed by atoms with E-state index in [9.17, 15) is 9.59 Å². The highest BCUT2D eigenvalue weighted by Gasteiger charge is 2.32. The molecule has 2 amide bonds. The molecule has 0 spiro atoms. The Labute approximate surface area is 136 Å². The van der Waals surface area contributed by atoms with Gasteiger partial charge in [-0.3, -0.25) is 4.79 Å². The number of para-hydroxylation sites is 1. The third kappa shape index (κ3) is 3.75. The van der Waals surface area contributed by atoms with Gasteiger partial charge in [0.1, 0.15) is 11.6 Å². The van der Waals surface area contributed by atoms with Gasteiger partial charge in [-0.05, 0) is 51.2 Å². The second kappa shape index (κ2) is 5.76. The zero-order chi connectivity index (χ0) is 16.6. The lowest BCUT2D eigenvalue weighted by molar-refractivity contribution is -0.117. The van der Waals surface area contributed by atoms with Crippen molar-refractivity contribution in [1.29, 1.82) is 0 Å². The van der Waals surface area contributed by atoms with Crippen LogP contribution in [0.2, 0.25) is 0 Å². The summed E-state index contributed by atoms with van der Waals surface area (Å²) < 4.78 is 5.22. The van der Waals surface area contributed by atoms with E-state index in [2.05, 4.69) is 22.0 Å². The van der Waals surface area contributed by atoms with Crippen molar-refractivity contribution in [2.45, 2.75) is 51.2 Å². The van der Waals surface area contributed by atoms with Crippen LogP contribution in [0.5, 0.6) is 0 Å². The van der Waals surface area contributed by atoms with Crippen molar-refractivity contribution in [3.8, 4) is 0 Å². The van der Waals surface area contributed by atoms with Crippen molar-refractivity contribution < 1.29 is 14.3 Å². The first-order valence-corrected chi connectivity index (χ1v) is 8.00. The molecule has 0 unspecified atom stereocenters. The average molecular weight is 317 g/mol. The molecule has 1 saturated carbocycles. The second-order valence-electron chi connectivity index (χ2n) is 7.11. The van der Waals surface area contributed by atoms with E-state index in [1.54, 1.807) is 20.8 Å². The molecule has 1 aliphatic carbocycles. The largest absolute Gasteiger partial charge is 0.444 e. The minimum atomic E-state index is -0.677. The van der Waals surface area contributed by atoms with E-state index in [1.165, 1.54) is 5.56 Å². The number of fused-ring (bicyclic) bond motifs is 1. The number of hydrogen-bond acceptors (Lipinski definition) is 4. The molecule has 1 fully saturated rings. The summed E-state index contributed by atoms with van der Waals surface area (Å²) in [5.74, 6) is 0.303. The highest BCUT2D eigenvalue weighted by Crippen LogP contribution is 2.45. The molecule has 0 aromatic heterocycles. The molecule has 0 radical (unpaired) electrons. The van der Waals surface area contributed by atoms with Gasteiger partial charge in [0.25, 0.3) is 0 Å². The number of carbonyl (C=O) groups excluding carboxylic acids is 2. The van der Waals surface area contributed by atoms with Gasteiger partial charge in [-0.1, -0.05) is 12.1 Å². The molecule has 0 saturated heterocycles. The molecule has 2 aliphatic rings. The van der Waals surface area contributed by atoms with Crippen LogP contribution < -0.4 is 16.0 Å². The maximum absolute atomic E-state index is 12.5. The number of alkyl carbamates (subject to hydrolysis) is 1. The molecule has 124 valence electrons. The predicted octanol–water partition coefficient (Wildman–Crippen LogP) is 2.82. The number of rotatable bonds is 2. The van der Waals surface area contributed by atoms with Crippen LogP contribution in [0, 0.1) is 0 Å². The van der Waals surface area contributed by atoms with E-state index in [-0.39, 0.29) is 5.91 Å². The highest BCUT2D eigenvalue weighted by molar-refractivity contribution is 6.01. The van der Waals surface area contributed by atoms with Crippen LogP contribution >= 0.6 is 0 Å². The Hall–Kier alpha value is -2.24. The first-order valence-electron chi connectivity index (χ1n) is 8.00. The lowest BCUT2D eigenvalue weighted by atomic mass is 10.1. The summed E-state index contributed by atoms with van der Waals surface area (Å²) in [6, 6.07) is 5.31. The van der Waals surface area contributed by atoms with Crippen LogP contribution in [-0.4, -0.2) is 30.2 Å². The third-order valence-electron chi connectivity index (χ3n) is 3.87. The van der Waals surface area contributed by atoms with Crippen LogP contribution in [0.1, 0.15) is 45.1 Å². The zero-order valence-corrected chi connectivity index (χ0v) is 13.7. The first-order chi connectivity index (χ1) is 10.8. The molecule has 0 bridgehead atoms. The van der Waals surface area contributed by atoms with Crippen LogP contribution in [0.15, 0.2) is 18.2 Å². The Kier molecular flexibility index (Phi) is 3.92. The quantitative estimate of drug-likeness (QED) is 0.783. The Morgan fingerprint density at radius 2 is 2.04 bits per heavy atom. The zero-order valence-electron chi connectivity index (χ0n) is 13.7. The lowest BCUT2D eigenvalue weighted by Gasteiger charge is -2.22. The molecule has 1 aromatic carbocycles. The number of ether oxygens (including phenoxy) is 1. The SMILES string of the molecule is CC(C)(C)OC(=O)N[C@H]1CNc2cccc(C3CC3)c2NC1=O. The first kappa shape index (κ1) is 15.6. The van der Waals surface area contributed by atoms with Crippen LogP contribution in [0.4, 0.5) is 16.2 Å². The van der Waals surface area contributed by atoms with Gasteiger partial charge in [-0.2, -0.15) is 0 Å². The van der Waals surface area contributed by atoms with Crippen LogP contribution in [-0.2, 0) is 9.53 Å². The molecule has 1 aliphatic heterocycles. The normalized spacial score (nSPS) is 20.7. The molecule has 6 heteroatoms. The van der Waals surface area contributed by atoms with Gasteiger partial charge in [0.15, 0.2) is 0 Å². The minimum absolute atomic E-state index is 0.227. The molecule has 23 heavy (non-hydrogen) atoms. The number of anilines is 2. The molecule has 3 N–H and O–H groups in total. The molecular weight excluding hydrogens is 294 g/mol. The van der Waals surface area contributed by atoms with E-state index < -0.39 is 17.7 Å². The summed E-state index contributed by atoms with van der Waals surface area (Å²) >= 11 is 0. The van der Waals surface area contributed by atoms with Gasteiger partial charge in [-0.15, -0.1) is 0 Å². The topological polar surface area (TPSA) is 79.5 Å². The highest BCUT2D eigenvalue weighted by atomic mass is 16.6. The Balaban J connectivity index is 1.72. The van der Waals surface area contributed by atoms with E-state index in [4.69, 9.17) is 4.74 Å². The van der Waals surface area contributed by atoms with Crippen molar-refractivity contribution >= 4 is 23.4 Å². The van der Waals surface area contributed by atoms with Crippen molar-refractivity contribution in [1.82, 2.24) is 5.32 Å². The minimum Gasteiger partial charge on any atom is -0.444 e. The van der Waals surface area contributed by atoms with Gasteiger partial charge < -0.3 is 20.7 Å². The van der Waals surface area contributed by atoms with Crippen molar-refractivity contribution in [3.63, 3.8) is 0 Å². The number of nitrogens with one attached hydrogen (secondary N) is 3. The van der Waals surface area contributed by atoms with Gasteiger partial charge in [-0.25, -0.2) is 4.79 Å². The predicted molar refractivity (Wildman–Crippen MR) is 88.7 cm³/mol. The van der Waals surface area contributed by atoms with E-state index in [1.807, 2.05) is 12.1 Å². The number of benzene rings is 1. The number of carbonyl (C=O) groups is 2. The third-order valence-corrected chi connectivity index (χ3v) is 3.87. The lowest BCUT2D eigenvalue weighted by Crippen LogP contribution is -2.48. The molecular formula is C17H23N3O3. The van der Waals surface area contributed by atoms with Gasteiger partial charge >= 0.3 is 6.09 Å². The molecule has 6 nitrogen and oxygen atoms in total. The second-order valence-corrected chi connectivity index (χ2v) is 7.11. The molecule has 1 atom stereocenters. The fourth-order valence-electron chi connectivity index (χ4n) is 2.67. The average Bonchev–Trinajstić information content (AvgIpc) is 3.26. The fourth-order valence-corrected chi connectivity index (χ4v) is 2.67. The van der Waals surface area contributed by atoms with E-state index >= 15 is 0 Å². The summed E-state index contributed by atoms with van der Waals surface area (Å²) in [5.41, 5.74) is 2.31. The van der Waals surface area contributed by atoms with Crippen LogP contribution in [0.3, 0.4) is 0 Å². The molecule has 1 heterocycles. The van der Waals surface area contributed by atoms with E-state index in [0.29, 0.717) is 12.5 Å². The summed E-state index contributed by atoms with van der Waals surface area (Å²) in [7, 11) is 0. The Morgan fingerprint density at radius 3 is 2.70 bits per heavy atom. The standard InChI is InChI=1S/C17H23N3O3/c1-17(2,3)23-16(22)19-13-9-18-12-6-4-5-11(10-7-8-10)14(12)20-15(13)21/h4-6,10,13,18H,7-9H2,1-3H3,(H,19,22)(H,20,21)/t13-/m0/s1. The maximum atomic E-state index is 12.5. The summed E-state index contributed by atoms with van der Waals surface area (Å²) in [6.45, 7) is 5.69. The maximum Gasteiger partial charge on any atom is 0.408 e. The van der Waals surface area contributed by atoms with Crippen molar-refractivity contribution in [3.05, 3.63) is 23.8 Å². The van der Waals surface area contributed by atoms with Gasteiger partial charge in [0.05, 0.1) is 11.4 Å². The van der Waals surface area contributed by atoms with Crippen LogP contribution in [0.25, 0.3) is 0 Å². The number of hydrogen-bond donors (Lipinski definition) is 3.